The van der Waals surface area contributed by atoms with Gasteiger partial charge in [0.05, 0.1) is 16.5 Å². The van der Waals surface area contributed by atoms with Gasteiger partial charge in [0.1, 0.15) is 16.2 Å². The van der Waals surface area contributed by atoms with Gasteiger partial charge in [-0.05, 0) is 60.3 Å². The molecule has 2 aromatic carbocycles. The van der Waals surface area contributed by atoms with Crippen LogP contribution in [0.3, 0.4) is 0 Å². The molecule has 1 aliphatic rings. The van der Waals surface area contributed by atoms with Crippen LogP contribution in [-0.4, -0.2) is 31.1 Å². The van der Waals surface area contributed by atoms with Crippen molar-refractivity contribution in [1.82, 2.24) is 3.71 Å². The molecule has 0 aromatic heterocycles. The molecule has 3 rings (SSSR count). The van der Waals surface area contributed by atoms with Crippen LogP contribution in [0.15, 0.2) is 52.3 Å². The molecule has 0 amide bonds. The van der Waals surface area contributed by atoms with Crippen molar-refractivity contribution in [1.29, 1.82) is 0 Å². The lowest BCUT2D eigenvalue weighted by Crippen LogP contribution is -2.25. The van der Waals surface area contributed by atoms with E-state index in [0.29, 0.717) is 11.6 Å². The molecule has 0 saturated carbocycles. The number of aromatic hydroxyl groups is 2. The maximum atomic E-state index is 10.6. The summed E-state index contributed by atoms with van der Waals surface area (Å²) < 4.78 is 2.08. The number of thiol groups is 1. The molecule has 32 heavy (non-hydrogen) atoms. The average molecular weight is 511 g/mol. The number of phenols is 2. The van der Waals surface area contributed by atoms with Crippen molar-refractivity contribution in [2.75, 3.05) is 17.3 Å². The van der Waals surface area contributed by atoms with Crippen LogP contribution in [0, 0.1) is 0 Å². The van der Waals surface area contributed by atoms with E-state index in [0.717, 1.165) is 22.8 Å². The Kier molecular flexibility index (Phi) is 11.1. The van der Waals surface area contributed by atoms with E-state index >= 15 is 0 Å². The highest BCUT2D eigenvalue weighted by atomic mass is 32.2. The first-order chi connectivity index (χ1) is 15.6. The Morgan fingerprint density at radius 3 is 2.28 bits per heavy atom. The maximum Gasteiger partial charge on any atom is 0.135 e. The van der Waals surface area contributed by atoms with E-state index in [4.69, 9.17) is 0 Å². The lowest BCUT2D eigenvalue weighted by molar-refractivity contribution is 0.438. The standard InChI is InChI=1S/C24H34N2O2S4/c1-2-3-4-5-6-7-8-12-15-30-22-16-21(28)23(17-20(22)27)31-26-18-25(24(29)32-26)19-13-10-9-11-14-19/h9-11,13-14,16-17,24,27-29H,2-8,12,15,18H2,1H3. The zero-order chi connectivity index (χ0) is 22.8. The fraction of sp³-hybridized carbons (Fsp3) is 0.500. The molecule has 1 unspecified atom stereocenters. The molecule has 1 aliphatic heterocycles. The van der Waals surface area contributed by atoms with Crippen molar-refractivity contribution in [3.05, 3.63) is 42.5 Å². The summed E-state index contributed by atoms with van der Waals surface area (Å²) in [5.41, 5.74) is 1.11. The van der Waals surface area contributed by atoms with Crippen molar-refractivity contribution < 1.29 is 10.2 Å². The van der Waals surface area contributed by atoms with Crippen LogP contribution in [0.25, 0.3) is 0 Å². The molecule has 176 valence electrons. The molecular formula is C24H34N2O2S4. The molecule has 4 nitrogen and oxygen atoms in total. The average Bonchev–Trinajstić information content (AvgIpc) is 3.16. The number of unbranched alkanes of at least 4 members (excludes halogenated alkanes) is 7. The van der Waals surface area contributed by atoms with Gasteiger partial charge in [0.25, 0.3) is 0 Å². The van der Waals surface area contributed by atoms with Gasteiger partial charge in [0.2, 0.25) is 0 Å². The Labute approximate surface area is 211 Å². The topological polar surface area (TPSA) is 46.9 Å². The van der Waals surface area contributed by atoms with Gasteiger partial charge in [-0.2, -0.15) is 3.71 Å². The zero-order valence-electron chi connectivity index (χ0n) is 18.7. The summed E-state index contributed by atoms with van der Waals surface area (Å²) in [6, 6.07) is 13.5. The summed E-state index contributed by atoms with van der Waals surface area (Å²) in [7, 11) is 0. The number of hydrogen-bond donors (Lipinski definition) is 3. The highest BCUT2D eigenvalue weighted by Gasteiger charge is 2.30. The molecule has 0 aliphatic carbocycles. The lowest BCUT2D eigenvalue weighted by Gasteiger charge is -2.20. The number of hydrogen-bond acceptors (Lipinski definition) is 8. The lowest BCUT2D eigenvalue weighted by atomic mass is 10.1. The molecule has 1 heterocycles. The monoisotopic (exact) mass is 510 g/mol. The Hall–Kier alpha value is -0.800. The Balaban J connectivity index is 1.44. The van der Waals surface area contributed by atoms with E-state index in [1.54, 1.807) is 35.8 Å². The van der Waals surface area contributed by atoms with Gasteiger partial charge in [-0.3, -0.25) is 0 Å². The van der Waals surface area contributed by atoms with Gasteiger partial charge in [-0.15, -0.1) is 24.4 Å². The van der Waals surface area contributed by atoms with Gasteiger partial charge in [0, 0.05) is 5.69 Å². The van der Waals surface area contributed by atoms with Gasteiger partial charge in [0.15, 0.2) is 0 Å². The Morgan fingerprint density at radius 2 is 1.56 bits per heavy atom. The quantitative estimate of drug-likeness (QED) is 0.0830. The second-order valence-corrected chi connectivity index (χ2v) is 12.3. The molecule has 1 fully saturated rings. The molecule has 0 spiro atoms. The Morgan fingerprint density at radius 1 is 0.938 bits per heavy atom. The Bertz CT molecular complexity index is 825. The van der Waals surface area contributed by atoms with Crippen molar-refractivity contribution in [3.63, 3.8) is 0 Å². The van der Waals surface area contributed by atoms with Crippen LogP contribution < -0.4 is 4.90 Å². The summed E-state index contributed by atoms with van der Waals surface area (Å²) in [5.74, 6) is 1.41. The smallest absolute Gasteiger partial charge is 0.135 e. The summed E-state index contributed by atoms with van der Waals surface area (Å²) in [4.78, 5) is 3.59. The highest BCUT2D eigenvalue weighted by Crippen LogP contribution is 2.46. The first-order valence-corrected chi connectivity index (χ1v) is 14.5. The fourth-order valence-electron chi connectivity index (χ4n) is 3.52. The number of rotatable bonds is 13. The van der Waals surface area contributed by atoms with Crippen LogP contribution in [0.5, 0.6) is 11.5 Å². The van der Waals surface area contributed by atoms with E-state index in [-0.39, 0.29) is 16.2 Å². The minimum absolute atomic E-state index is 0.00196. The molecular weight excluding hydrogens is 477 g/mol. The number of thioether (sulfide) groups is 1. The summed E-state index contributed by atoms with van der Waals surface area (Å²) in [6.45, 7) is 2.92. The van der Waals surface area contributed by atoms with Crippen molar-refractivity contribution in [2.24, 2.45) is 0 Å². The van der Waals surface area contributed by atoms with Gasteiger partial charge in [-0.1, -0.05) is 70.1 Å². The van der Waals surface area contributed by atoms with E-state index in [1.165, 1.54) is 56.9 Å². The van der Waals surface area contributed by atoms with Crippen LogP contribution in [0.2, 0.25) is 0 Å². The predicted molar refractivity (Wildman–Crippen MR) is 145 cm³/mol. The number of nitrogens with zero attached hydrogens (tertiary/aromatic N) is 2. The van der Waals surface area contributed by atoms with Crippen LogP contribution in [0.4, 0.5) is 5.69 Å². The van der Waals surface area contributed by atoms with E-state index < -0.39 is 0 Å². The molecule has 0 radical (unpaired) electrons. The number of para-hydroxylation sites is 1. The molecule has 2 aromatic rings. The first-order valence-electron chi connectivity index (χ1n) is 11.4. The third-order valence-electron chi connectivity index (χ3n) is 5.33. The minimum atomic E-state index is 0.00196. The second kappa shape index (κ2) is 13.8. The van der Waals surface area contributed by atoms with E-state index in [9.17, 15) is 10.2 Å². The van der Waals surface area contributed by atoms with E-state index in [2.05, 4.69) is 40.3 Å². The number of benzene rings is 2. The highest BCUT2D eigenvalue weighted by molar-refractivity contribution is 8.17. The SMILES string of the molecule is CCCCCCCCCCSc1cc(O)c(SN2CN(c3ccccc3)C(S)S2)cc1O. The van der Waals surface area contributed by atoms with E-state index in [1.807, 2.05) is 18.2 Å². The third kappa shape index (κ3) is 7.90. The normalized spacial score (nSPS) is 16.7. The summed E-state index contributed by atoms with van der Waals surface area (Å²) in [6.07, 6.45) is 10.3. The van der Waals surface area contributed by atoms with Crippen molar-refractivity contribution in [2.45, 2.75) is 72.8 Å². The largest absolute Gasteiger partial charge is 0.507 e. The van der Waals surface area contributed by atoms with Crippen LogP contribution in [0.1, 0.15) is 58.3 Å². The molecule has 1 atom stereocenters. The first kappa shape index (κ1) is 25.8. The molecule has 0 bridgehead atoms. The summed E-state index contributed by atoms with van der Waals surface area (Å²) in [5, 5.41) is 21.1. The van der Waals surface area contributed by atoms with Gasteiger partial charge >= 0.3 is 0 Å². The third-order valence-corrected chi connectivity index (χ3v) is 9.14. The summed E-state index contributed by atoms with van der Waals surface area (Å²) >= 11 is 9.34. The second-order valence-electron chi connectivity index (χ2n) is 7.91. The maximum absolute atomic E-state index is 10.6. The number of phenolic OH excluding ortho intramolecular Hbond substituents is 2. The zero-order valence-corrected chi connectivity index (χ0v) is 22.0. The molecule has 1 saturated heterocycles. The van der Waals surface area contributed by atoms with Crippen molar-refractivity contribution in [3.8, 4) is 11.5 Å². The van der Waals surface area contributed by atoms with Gasteiger partial charge < -0.3 is 15.1 Å². The van der Waals surface area contributed by atoms with Crippen molar-refractivity contribution >= 4 is 54.0 Å². The van der Waals surface area contributed by atoms with Crippen LogP contribution in [-0.2, 0) is 0 Å². The van der Waals surface area contributed by atoms with Gasteiger partial charge in [-0.25, -0.2) is 0 Å². The molecule has 2 N–H and O–H groups in total. The molecule has 8 heteroatoms. The minimum Gasteiger partial charge on any atom is -0.507 e. The fourth-order valence-corrected chi connectivity index (χ4v) is 7.31. The number of anilines is 1. The predicted octanol–water partition coefficient (Wildman–Crippen LogP) is 7.98. The van der Waals surface area contributed by atoms with Crippen LogP contribution >= 0.6 is 48.3 Å².